The minimum absolute atomic E-state index is 0.0884. The molecule has 8 heteroatoms. The Morgan fingerprint density at radius 2 is 2.15 bits per heavy atom. The summed E-state index contributed by atoms with van der Waals surface area (Å²) < 4.78 is 24.5. The van der Waals surface area contributed by atoms with Crippen molar-refractivity contribution in [2.45, 2.75) is 38.3 Å². The van der Waals surface area contributed by atoms with Gasteiger partial charge in [-0.1, -0.05) is 22.8 Å². The Bertz CT molecular complexity index is 917. The first kappa shape index (κ1) is 17.7. The van der Waals surface area contributed by atoms with E-state index < -0.39 is 5.82 Å². The minimum atomic E-state index is -0.402. The number of halogens is 2. The molecule has 0 radical (unpaired) electrons. The molecule has 27 heavy (non-hydrogen) atoms. The number of hydrogen-bond acceptors (Lipinski definition) is 5. The van der Waals surface area contributed by atoms with E-state index in [1.807, 2.05) is 0 Å². The maximum absolute atomic E-state index is 14.1. The molecule has 1 amide bonds. The van der Waals surface area contributed by atoms with Gasteiger partial charge in [-0.2, -0.15) is 4.98 Å². The summed E-state index contributed by atoms with van der Waals surface area (Å²) in [5.41, 5.74) is 0.345. The molecule has 1 aliphatic rings. The summed E-state index contributed by atoms with van der Waals surface area (Å²) in [6.07, 6.45) is 3.86. The summed E-state index contributed by atoms with van der Waals surface area (Å²) in [6.45, 7) is 0.163. The fraction of sp³-hybridized carbons (Fsp3) is 0.316. The molecule has 1 saturated carbocycles. The zero-order valence-electron chi connectivity index (χ0n) is 14.4. The largest absolute Gasteiger partial charge is 0.461 e. The van der Waals surface area contributed by atoms with Crippen LogP contribution in [0.3, 0.4) is 0 Å². The number of hydrogen-bond donors (Lipinski definition) is 0. The Morgan fingerprint density at radius 1 is 1.30 bits per heavy atom. The molecule has 0 spiro atoms. The lowest BCUT2D eigenvalue weighted by molar-refractivity contribution is -0.132. The standard InChI is InChI=1S/C19H17ClFN3O3/c20-14-3-1-4-15(21)13(14)11-24(12-6-7-12)18(25)9-8-17-22-19(23-27-17)16-5-2-10-26-16/h1-5,10,12H,6-9,11H2. The lowest BCUT2D eigenvalue weighted by Gasteiger charge is -2.23. The number of amides is 1. The molecular weight excluding hydrogens is 373 g/mol. The van der Waals surface area contributed by atoms with Crippen LogP contribution < -0.4 is 0 Å². The Balaban J connectivity index is 1.41. The molecule has 0 aliphatic heterocycles. The molecule has 6 nitrogen and oxygen atoms in total. The molecular formula is C19H17ClFN3O3. The van der Waals surface area contributed by atoms with Crippen molar-refractivity contribution in [3.8, 4) is 11.6 Å². The van der Waals surface area contributed by atoms with Crippen molar-refractivity contribution in [2.75, 3.05) is 0 Å². The van der Waals surface area contributed by atoms with Crippen LogP contribution in [-0.4, -0.2) is 27.0 Å². The monoisotopic (exact) mass is 389 g/mol. The van der Waals surface area contributed by atoms with Crippen LogP contribution >= 0.6 is 11.6 Å². The van der Waals surface area contributed by atoms with E-state index >= 15 is 0 Å². The van der Waals surface area contributed by atoms with Crippen molar-refractivity contribution < 1.29 is 18.1 Å². The van der Waals surface area contributed by atoms with E-state index in [9.17, 15) is 9.18 Å². The molecule has 0 atom stereocenters. The van der Waals surface area contributed by atoms with Gasteiger partial charge in [-0.15, -0.1) is 0 Å². The molecule has 1 aliphatic carbocycles. The first-order valence-corrected chi connectivity index (χ1v) is 9.08. The van der Waals surface area contributed by atoms with Gasteiger partial charge in [0.15, 0.2) is 5.76 Å². The Morgan fingerprint density at radius 3 is 2.85 bits per heavy atom. The van der Waals surface area contributed by atoms with Crippen molar-refractivity contribution >= 4 is 17.5 Å². The smallest absolute Gasteiger partial charge is 0.238 e. The second-order valence-corrected chi connectivity index (χ2v) is 6.85. The molecule has 0 unspecified atom stereocenters. The number of aromatic nitrogens is 2. The van der Waals surface area contributed by atoms with Crippen molar-refractivity contribution in [3.63, 3.8) is 0 Å². The van der Waals surface area contributed by atoms with Gasteiger partial charge in [0.25, 0.3) is 0 Å². The number of carbonyl (C=O) groups is 1. The summed E-state index contributed by atoms with van der Waals surface area (Å²) in [7, 11) is 0. The highest BCUT2D eigenvalue weighted by Gasteiger charge is 2.33. The van der Waals surface area contributed by atoms with E-state index in [-0.39, 0.29) is 24.9 Å². The van der Waals surface area contributed by atoms with Crippen LogP contribution in [0.15, 0.2) is 45.5 Å². The first-order valence-electron chi connectivity index (χ1n) is 8.70. The quantitative estimate of drug-likeness (QED) is 0.604. The summed E-state index contributed by atoms with van der Waals surface area (Å²) >= 11 is 6.11. The van der Waals surface area contributed by atoms with Crippen LogP contribution in [0.25, 0.3) is 11.6 Å². The van der Waals surface area contributed by atoms with Crippen molar-refractivity contribution in [1.82, 2.24) is 15.0 Å². The van der Waals surface area contributed by atoms with Crippen molar-refractivity contribution in [2.24, 2.45) is 0 Å². The molecule has 0 saturated heterocycles. The Kier molecular flexibility index (Phi) is 4.94. The number of rotatable bonds is 7. The summed E-state index contributed by atoms with van der Waals surface area (Å²) in [5, 5.41) is 4.18. The van der Waals surface area contributed by atoms with Crippen LogP contribution in [0.2, 0.25) is 5.02 Å². The fourth-order valence-corrected chi connectivity index (χ4v) is 3.10. The van der Waals surface area contributed by atoms with Crippen LogP contribution in [0, 0.1) is 5.82 Å². The van der Waals surface area contributed by atoms with E-state index in [0.717, 1.165) is 12.8 Å². The number of carbonyl (C=O) groups excluding carboxylic acids is 1. The highest BCUT2D eigenvalue weighted by atomic mass is 35.5. The summed E-state index contributed by atoms with van der Waals surface area (Å²) in [4.78, 5) is 18.6. The number of benzene rings is 1. The zero-order valence-corrected chi connectivity index (χ0v) is 15.2. The molecule has 1 fully saturated rings. The molecule has 4 rings (SSSR count). The van der Waals surface area contributed by atoms with Gasteiger partial charge in [0.2, 0.25) is 17.6 Å². The summed E-state index contributed by atoms with van der Waals surface area (Å²) in [6, 6.07) is 8.13. The average Bonchev–Trinajstić information content (AvgIpc) is 3.15. The number of furan rings is 1. The van der Waals surface area contributed by atoms with Gasteiger partial charge in [-0.3, -0.25) is 4.79 Å². The summed E-state index contributed by atoms with van der Waals surface area (Å²) in [5.74, 6) is 0.717. The Hall–Kier alpha value is -2.67. The zero-order chi connectivity index (χ0) is 18.8. The molecule has 1 aromatic carbocycles. The number of aryl methyl sites for hydroxylation is 1. The second-order valence-electron chi connectivity index (χ2n) is 6.44. The van der Waals surface area contributed by atoms with E-state index in [1.54, 1.807) is 29.2 Å². The molecule has 2 heterocycles. The Labute approximate surface area is 159 Å². The van der Waals surface area contributed by atoms with E-state index in [2.05, 4.69) is 10.1 Å². The van der Waals surface area contributed by atoms with Gasteiger partial charge in [-0.25, -0.2) is 4.39 Å². The SMILES string of the molecule is O=C(CCc1nc(-c2ccco2)no1)N(Cc1c(F)cccc1Cl)C1CC1. The third kappa shape index (κ3) is 4.03. The fourth-order valence-electron chi connectivity index (χ4n) is 2.88. The number of nitrogens with zero attached hydrogens (tertiary/aromatic N) is 3. The lowest BCUT2D eigenvalue weighted by Crippen LogP contribution is -2.33. The topological polar surface area (TPSA) is 72.4 Å². The molecule has 3 aromatic rings. The third-order valence-electron chi connectivity index (χ3n) is 4.46. The van der Waals surface area contributed by atoms with Gasteiger partial charge in [0, 0.05) is 29.5 Å². The maximum atomic E-state index is 14.1. The normalized spacial score (nSPS) is 13.7. The van der Waals surface area contributed by atoms with E-state index in [0.29, 0.717) is 34.5 Å². The minimum Gasteiger partial charge on any atom is -0.461 e. The predicted octanol–water partition coefficient (Wildman–Crippen LogP) is 4.25. The highest BCUT2D eigenvalue weighted by Crippen LogP contribution is 2.31. The van der Waals surface area contributed by atoms with Gasteiger partial charge < -0.3 is 13.8 Å². The van der Waals surface area contributed by atoms with Gasteiger partial charge in [0.05, 0.1) is 12.8 Å². The van der Waals surface area contributed by atoms with Crippen LogP contribution in [0.1, 0.15) is 30.7 Å². The third-order valence-corrected chi connectivity index (χ3v) is 4.81. The average molecular weight is 390 g/mol. The maximum Gasteiger partial charge on any atom is 0.238 e. The van der Waals surface area contributed by atoms with Crippen LogP contribution in [-0.2, 0) is 17.8 Å². The van der Waals surface area contributed by atoms with Gasteiger partial charge in [0.1, 0.15) is 5.82 Å². The molecule has 2 aromatic heterocycles. The van der Waals surface area contributed by atoms with Crippen molar-refractivity contribution in [3.05, 3.63) is 58.9 Å². The molecule has 0 N–H and O–H groups in total. The van der Waals surface area contributed by atoms with Crippen LogP contribution in [0.4, 0.5) is 4.39 Å². The van der Waals surface area contributed by atoms with Crippen molar-refractivity contribution in [1.29, 1.82) is 0 Å². The molecule has 0 bridgehead atoms. The molecule has 140 valence electrons. The van der Waals surface area contributed by atoms with Gasteiger partial charge >= 0.3 is 0 Å². The van der Waals surface area contributed by atoms with E-state index in [1.165, 1.54) is 12.3 Å². The van der Waals surface area contributed by atoms with Gasteiger partial charge in [-0.05, 0) is 37.1 Å². The first-order chi connectivity index (χ1) is 13.1. The van der Waals surface area contributed by atoms with E-state index in [4.69, 9.17) is 20.5 Å². The lowest BCUT2D eigenvalue weighted by atomic mass is 10.1. The van der Waals surface area contributed by atoms with Crippen LogP contribution in [0.5, 0.6) is 0 Å². The second kappa shape index (κ2) is 7.52. The highest BCUT2D eigenvalue weighted by molar-refractivity contribution is 6.31. The predicted molar refractivity (Wildman–Crippen MR) is 95.3 cm³/mol.